The fraction of sp³-hybridized carbons (Fsp3) is 0.412. The number of hydrogen-bond donors (Lipinski definition) is 4. The summed E-state index contributed by atoms with van der Waals surface area (Å²) in [6.07, 6.45) is -0.807. The lowest BCUT2D eigenvalue weighted by Crippen LogP contribution is -2.23. The van der Waals surface area contributed by atoms with Gasteiger partial charge in [-0.1, -0.05) is 15.9 Å². The van der Waals surface area contributed by atoms with Crippen LogP contribution in [-0.2, 0) is 9.53 Å². The van der Waals surface area contributed by atoms with Crippen LogP contribution in [0.4, 0.5) is 0 Å². The van der Waals surface area contributed by atoms with Gasteiger partial charge in [0.2, 0.25) is 0 Å². The predicted octanol–water partition coefficient (Wildman–Crippen LogP) is 1.97. The first-order valence-corrected chi connectivity index (χ1v) is 8.23. The average molecular weight is 401 g/mol. The second-order valence-electron chi connectivity index (χ2n) is 5.04. The molecule has 132 valence electrons. The number of hydrogen-bond acceptors (Lipinski definition) is 6. The zero-order valence-electron chi connectivity index (χ0n) is 13.3. The largest absolute Gasteiger partial charge is 0.508 e. The Morgan fingerprint density at radius 3 is 2.75 bits per heavy atom. The summed E-state index contributed by atoms with van der Waals surface area (Å²) in [6.45, 7) is 1.41. The van der Waals surface area contributed by atoms with E-state index >= 15 is 0 Å². The lowest BCUT2D eigenvalue weighted by atomic mass is 10.0. The van der Waals surface area contributed by atoms with Crippen LogP contribution in [0.25, 0.3) is 0 Å². The van der Waals surface area contributed by atoms with Crippen molar-refractivity contribution in [3.05, 3.63) is 45.6 Å². The van der Waals surface area contributed by atoms with Crippen LogP contribution >= 0.6 is 15.9 Å². The minimum absolute atomic E-state index is 0.0248. The van der Waals surface area contributed by atoms with E-state index in [1.54, 1.807) is 19.1 Å². The van der Waals surface area contributed by atoms with E-state index in [0.717, 1.165) is 4.47 Å². The second-order valence-corrected chi connectivity index (χ2v) is 5.95. The molecule has 0 unspecified atom stereocenters. The smallest absolute Gasteiger partial charge is 0.335 e. The molecule has 6 nitrogen and oxygen atoms in total. The van der Waals surface area contributed by atoms with Gasteiger partial charge in [0.15, 0.2) is 6.10 Å². The first kappa shape index (κ1) is 20.4. The Kier molecular flexibility index (Phi) is 8.74. The normalized spacial score (nSPS) is 12.9. The Labute approximate surface area is 148 Å². The molecule has 1 rings (SSSR count). The van der Waals surface area contributed by atoms with Crippen molar-refractivity contribution in [3.8, 4) is 5.75 Å². The molecule has 0 aliphatic heterocycles. The summed E-state index contributed by atoms with van der Waals surface area (Å²) < 4.78 is 5.40. The maximum absolute atomic E-state index is 11.4. The Morgan fingerprint density at radius 1 is 1.42 bits per heavy atom. The molecule has 0 fully saturated rings. The number of carbonyl (C=O) groups excluding carboxylic acids is 1. The number of phenols is 1. The highest BCUT2D eigenvalue weighted by Crippen LogP contribution is 2.29. The lowest BCUT2D eigenvalue weighted by Gasteiger charge is -2.11. The zero-order chi connectivity index (χ0) is 18.1. The van der Waals surface area contributed by atoms with Gasteiger partial charge in [-0.3, -0.25) is 0 Å². The van der Waals surface area contributed by atoms with Crippen molar-refractivity contribution in [2.24, 2.45) is 0 Å². The van der Waals surface area contributed by atoms with Gasteiger partial charge < -0.3 is 25.2 Å². The molecular formula is C17H21BrO6. The summed E-state index contributed by atoms with van der Waals surface area (Å²) in [7, 11) is 0. The van der Waals surface area contributed by atoms with Crippen LogP contribution in [0.5, 0.6) is 5.75 Å². The molecule has 7 heteroatoms. The molecule has 0 amide bonds. The minimum atomic E-state index is -1.37. The van der Waals surface area contributed by atoms with Crippen molar-refractivity contribution < 1.29 is 30.0 Å². The molecule has 0 aromatic heterocycles. The van der Waals surface area contributed by atoms with Crippen molar-refractivity contribution in [1.29, 1.82) is 0 Å². The number of rotatable bonds is 8. The second kappa shape index (κ2) is 10.3. The van der Waals surface area contributed by atoms with Crippen molar-refractivity contribution in [1.82, 2.24) is 0 Å². The van der Waals surface area contributed by atoms with Crippen LogP contribution < -0.4 is 0 Å². The van der Waals surface area contributed by atoms with Crippen LogP contribution in [0.1, 0.15) is 31.4 Å². The molecule has 0 bridgehead atoms. The van der Waals surface area contributed by atoms with Crippen LogP contribution in [0.3, 0.4) is 0 Å². The molecule has 0 heterocycles. The van der Waals surface area contributed by atoms with E-state index < -0.39 is 18.2 Å². The van der Waals surface area contributed by atoms with Gasteiger partial charge in [-0.15, -0.1) is 5.73 Å². The summed E-state index contributed by atoms with van der Waals surface area (Å²) in [5, 5.41) is 38.8. The lowest BCUT2D eigenvalue weighted by molar-refractivity contribution is -0.152. The van der Waals surface area contributed by atoms with Gasteiger partial charge in [-0.2, -0.15) is 0 Å². The molecule has 0 spiro atoms. The van der Waals surface area contributed by atoms with Crippen LogP contribution in [0.2, 0.25) is 0 Å². The number of esters is 1. The molecule has 4 N–H and O–H groups in total. The van der Waals surface area contributed by atoms with Crippen LogP contribution in [0, 0.1) is 0 Å². The summed E-state index contributed by atoms with van der Waals surface area (Å²) in [6, 6.07) is 4.73. The van der Waals surface area contributed by atoms with Crippen LogP contribution in [0.15, 0.2) is 40.1 Å². The highest BCUT2D eigenvalue weighted by Gasteiger charge is 2.17. The molecule has 1 aromatic rings. The van der Waals surface area contributed by atoms with Gasteiger partial charge in [0.25, 0.3) is 0 Å². The van der Waals surface area contributed by atoms with E-state index in [1.807, 2.05) is 0 Å². The zero-order valence-corrected chi connectivity index (χ0v) is 14.9. The maximum Gasteiger partial charge on any atom is 0.335 e. The number of aliphatic hydroxyl groups is 3. The fourth-order valence-electron chi connectivity index (χ4n) is 1.96. The summed E-state index contributed by atoms with van der Waals surface area (Å²) in [5.41, 5.74) is 3.42. The third-order valence-corrected chi connectivity index (χ3v) is 3.68. The van der Waals surface area contributed by atoms with Gasteiger partial charge in [0, 0.05) is 22.9 Å². The van der Waals surface area contributed by atoms with E-state index in [4.69, 9.17) is 0 Å². The summed E-state index contributed by atoms with van der Waals surface area (Å²) in [5.74, 6) is -0.785. The third kappa shape index (κ3) is 6.47. The van der Waals surface area contributed by atoms with E-state index in [2.05, 4.69) is 26.4 Å². The topological polar surface area (TPSA) is 107 Å². The van der Waals surface area contributed by atoms with E-state index in [9.17, 15) is 25.2 Å². The number of halogens is 1. The quantitative estimate of drug-likeness (QED) is 0.392. The number of carbonyl (C=O) groups is 1. The first-order chi connectivity index (χ1) is 11.4. The molecule has 0 saturated heterocycles. The monoisotopic (exact) mass is 400 g/mol. The SMILES string of the molecule is CCOC(=O)[C@H](O)CC(=C=CC[C@@H](O)c1cc(Br)ccc1O)CO. The highest BCUT2D eigenvalue weighted by molar-refractivity contribution is 9.10. The van der Waals surface area contributed by atoms with Gasteiger partial charge in [0.1, 0.15) is 5.75 Å². The van der Waals surface area contributed by atoms with Gasteiger partial charge in [0.05, 0.1) is 19.3 Å². The van der Waals surface area contributed by atoms with E-state index in [-0.39, 0.29) is 31.8 Å². The standard InChI is InChI=1S/C17H21BrO6/c1-2-24-17(23)16(22)8-11(10-19)4-3-5-14(20)13-9-12(18)6-7-15(13)21/h3,6-7,9,14,16,19-22H,2,5,8,10H2,1H3/t4?,14-,16-/m1/s1. The Hall–Kier alpha value is -1.63. The number of phenolic OH excluding ortho intramolecular Hbond substituents is 1. The first-order valence-electron chi connectivity index (χ1n) is 7.44. The molecule has 2 atom stereocenters. The number of ether oxygens (including phenoxy) is 1. The third-order valence-electron chi connectivity index (χ3n) is 3.19. The Bertz CT molecular complexity index is 622. The molecule has 24 heavy (non-hydrogen) atoms. The number of aromatic hydroxyl groups is 1. The van der Waals surface area contributed by atoms with Crippen molar-refractivity contribution in [2.45, 2.75) is 32.0 Å². The summed E-state index contributed by atoms with van der Waals surface area (Å²) in [4.78, 5) is 11.4. The van der Waals surface area contributed by atoms with Gasteiger partial charge in [-0.25, -0.2) is 4.79 Å². The number of aliphatic hydroxyl groups excluding tert-OH is 3. The molecule has 1 aromatic carbocycles. The predicted molar refractivity (Wildman–Crippen MR) is 91.3 cm³/mol. The molecule has 0 saturated carbocycles. The van der Waals surface area contributed by atoms with Gasteiger partial charge >= 0.3 is 5.97 Å². The Morgan fingerprint density at radius 2 is 2.12 bits per heavy atom. The molecule has 0 aliphatic rings. The van der Waals surface area contributed by atoms with Crippen molar-refractivity contribution in [2.75, 3.05) is 13.2 Å². The molecule has 0 aliphatic carbocycles. The average Bonchev–Trinajstić information content (AvgIpc) is 2.55. The van der Waals surface area contributed by atoms with E-state index in [1.165, 1.54) is 12.1 Å². The summed E-state index contributed by atoms with van der Waals surface area (Å²) >= 11 is 3.26. The van der Waals surface area contributed by atoms with Crippen molar-refractivity contribution >= 4 is 21.9 Å². The van der Waals surface area contributed by atoms with Gasteiger partial charge in [-0.05, 0) is 36.8 Å². The van der Waals surface area contributed by atoms with Crippen LogP contribution in [-0.4, -0.2) is 45.7 Å². The highest BCUT2D eigenvalue weighted by atomic mass is 79.9. The minimum Gasteiger partial charge on any atom is -0.508 e. The number of benzene rings is 1. The van der Waals surface area contributed by atoms with Crippen molar-refractivity contribution in [3.63, 3.8) is 0 Å². The fourth-order valence-corrected chi connectivity index (χ4v) is 2.34. The molecular weight excluding hydrogens is 380 g/mol. The van der Waals surface area contributed by atoms with E-state index in [0.29, 0.717) is 11.1 Å². The Balaban J connectivity index is 2.74. The molecule has 0 radical (unpaired) electrons. The maximum atomic E-state index is 11.4.